The van der Waals surface area contributed by atoms with Gasteiger partial charge < -0.3 is 4.90 Å². The van der Waals surface area contributed by atoms with Crippen LogP contribution >= 0.6 is 11.3 Å². The summed E-state index contributed by atoms with van der Waals surface area (Å²) < 4.78 is 0. The van der Waals surface area contributed by atoms with Crippen molar-refractivity contribution in [3.05, 3.63) is 70.1 Å². The summed E-state index contributed by atoms with van der Waals surface area (Å²) in [4.78, 5) is 32.2. The van der Waals surface area contributed by atoms with Gasteiger partial charge in [-0.3, -0.25) is 14.9 Å². The van der Waals surface area contributed by atoms with E-state index in [-0.39, 0.29) is 11.8 Å². The fraction of sp³-hybridized carbons (Fsp3) is 0.227. The maximum absolute atomic E-state index is 12.7. The minimum Gasteiger partial charge on any atom is -0.342 e. The van der Waals surface area contributed by atoms with Crippen LogP contribution in [0.15, 0.2) is 48.5 Å². The molecule has 0 aliphatic heterocycles. The molecule has 0 fully saturated rings. The van der Waals surface area contributed by atoms with Crippen LogP contribution in [0.1, 0.15) is 38.1 Å². The summed E-state index contributed by atoms with van der Waals surface area (Å²) in [5, 5.41) is 3.40. The Morgan fingerprint density at radius 3 is 2.43 bits per heavy atom. The minimum atomic E-state index is -0.280. The van der Waals surface area contributed by atoms with E-state index in [1.807, 2.05) is 45.0 Å². The smallest absolute Gasteiger partial charge is 0.257 e. The highest BCUT2D eigenvalue weighted by atomic mass is 32.1. The first-order valence-electron chi connectivity index (χ1n) is 9.10. The lowest BCUT2D eigenvalue weighted by molar-refractivity contribution is 0.0802. The molecule has 1 N–H and O–H groups in total. The Bertz CT molecular complexity index is 1010. The maximum Gasteiger partial charge on any atom is 0.257 e. The molecule has 3 rings (SSSR count). The van der Waals surface area contributed by atoms with Crippen molar-refractivity contribution in [3.63, 3.8) is 0 Å². The van der Waals surface area contributed by atoms with E-state index in [2.05, 4.69) is 10.3 Å². The Balaban J connectivity index is 1.79. The molecular weight excluding hydrogens is 370 g/mol. The molecule has 6 heteroatoms. The summed E-state index contributed by atoms with van der Waals surface area (Å²) in [6.45, 7) is 6.54. The second-order valence-electron chi connectivity index (χ2n) is 6.64. The third kappa shape index (κ3) is 4.28. The van der Waals surface area contributed by atoms with Crippen molar-refractivity contribution in [2.75, 3.05) is 18.9 Å². The normalized spacial score (nSPS) is 10.6. The fourth-order valence-electron chi connectivity index (χ4n) is 2.76. The van der Waals surface area contributed by atoms with Crippen molar-refractivity contribution in [2.24, 2.45) is 0 Å². The predicted octanol–water partition coefficient (Wildman–Crippen LogP) is 4.77. The van der Waals surface area contributed by atoms with E-state index in [9.17, 15) is 9.59 Å². The number of thiazole rings is 1. The minimum absolute atomic E-state index is 0.107. The molecule has 0 unspecified atom stereocenters. The van der Waals surface area contributed by atoms with Crippen molar-refractivity contribution in [1.29, 1.82) is 0 Å². The summed E-state index contributed by atoms with van der Waals surface area (Å²) in [7, 11) is 1.74. The van der Waals surface area contributed by atoms with Crippen LogP contribution in [0.3, 0.4) is 0 Å². The number of nitrogens with zero attached hydrogens (tertiary/aromatic N) is 2. The zero-order chi connectivity index (χ0) is 20.3. The van der Waals surface area contributed by atoms with E-state index in [1.165, 1.54) is 16.9 Å². The highest BCUT2D eigenvalue weighted by Crippen LogP contribution is 2.30. The lowest BCUT2D eigenvalue weighted by atomic mass is 10.1. The Hall–Kier alpha value is -2.99. The number of aryl methyl sites for hydroxylation is 2. The number of amides is 2. The first-order chi connectivity index (χ1) is 13.4. The molecule has 2 amide bonds. The van der Waals surface area contributed by atoms with Crippen LogP contribution in [-0.4, -0.2) is 35.3 Å². The number of hydrogen-bond donors (Lipinski definition) is 1. The number of anilines is 1. The largest absolute Gasteiger partial charge is 0.342 e. The number of aromatic nitrogens is 1. The van der Waals surface area contributed by atoms with Crippen molar-refractivity contribution in [2.45, 2.75) is 20.8 Å². The first kappa shape index (κ1) is 19.8. The molecule has 0 saturated carbocycles. The van der Waals surface area contributed by atoms with Crippen LogP contribution in [-0.2, 0) is 0 Å². The topological polar surface area (TPSA) is 62.3 Å². The molecule has 0 aliphatic carbocycles. The number of carbonyl (C=O) groups is 2. The van der Waals surface area contributed by atoms with E-state index < -0.39 is 0 Å². The molecule has 28 heavy (non-hydrogen) atoms. The molecule has 0 bridgehead atoms. The van der Waals surface area contributed by atoms with Gasteiger partial charge in [0.1, 0.15) is 0 Å². The second-order valence-corrected chi connectivity index (χ2v) is 7.85. The molecule has 0 aliphatic rings. The van der Waals surface area contributed by atoms with Gasteiger partial charge in [0.2, 0.25) is 0 Å². The van der Waals surface area contributed by atoms with Gasteiger partial charge in [-0.1, -0.05) is 35.9 Å². The standard InChI is InChI=1S/C22H23N3O2S/c1-5-25(4)21(27)18-8-6-7-17(13-18)20(26)24-22-23-19(15(3)28-22)16-11-9-14(2)10-12-16/h6-13H,5H2,1-4H3,(H,23,24,26). The van der Waals surface area contributed by atoms with E-state index >= 15 is 0 Å². The lowest BCUT2D eigenvalue weighted by Gasteiger charge is -2.14. The van der Waals surface area contributed by atoms with Crippen molar-refractivity contribution < 1.29 is 9.59 Å². The molecular formula is C22H23N3O2S. The summed E-state index contributed by atoms with van der Waals surface area (Å²) in [6.07, 6.45) is 0. The third-order valence-electron chi connectivity index (χ3n) is 4.53. The van der Waals surface area contributed by atoms with Crippen molar-refractivity contribution in [3.8, 4) is 11.3 Å². The average Bonchev–Trinajstić information content (AvgIpc) is 3.07. The first-order valence-corrected chi connectivity index (χ1v) is 9.92. The number of hydrogen-bond acceptors (Lipinski definition) is 4. The molecule has 0 radical (unpaired) electrons. The number of nitrogens with one attached hydrogen (secondary N) is 1. The number of benzene rings is 2. The predicted molar refractivity (Wildman–Crippen MR) is 114 cm³/mol. The average molecular weight is 394 g/mol. The highest BCUT2D eigenvalue weighted by molar-refractivity contribution is 7.16. The molecule has 2 aromatic carbocycles. The third-order valence-corrected chi connectivity index (χ3v) is 5.42. The summed E-state index contributed by atoms with van der Waals surface area (Å²) in [6, 6.07) is 14.9. The Morgan fingerprint density at radius 2 is 1.75 bits per heavy atom. The zero-order valence-corrected chi connectivity index (χ0v) is 17.3. The fourth-order valence-corrected chi connectivity index (χ4v) is 3.59. The van der Waals surface area contributed by atoms with Gasteiger partial charge >= 0.3 is 0 Å². The monoisotopic (exact) mass is 393 g/mol. The van der Waals surface area contributed by atoms with Gasteiger partial charge in [0.25, 0.3) is 11.8 Å². The molecule has 0 atom stereocenters. The Morgan fingerprint density at radius 1 is 1.07 bits per heavy atom. The number of rotatable bonds is 5. The molecule has 3 aromatic rings. The SMILES string of the molecule is CCN(C)C(=O)c1cccc(C(=O)Nc2nc(-c3ccc(C)cc3)c(C)s2)c1. The summed E-state index contributed by atoms with van der Waals surface area (Å²) >= 11 is 1.44. The zero-order valence-electron chi connectivity index (χ0n) is 16.4. The quantitative estimate of drug-likeness (QED) is 0.679. The van der Waals surface area contributed by atoms with Gasteiger partial charge in [-0.25, -0.2) is 4.98 Å². The van der Waals surface area contributed by atoms with Gasteiger partial charge in [-0.05, 0) is 39.0 Å². The maximum atomic E-state index is 12.7. The van der Waals surface area contributed by atoms with Crippen LogP contribution in [0, 0.1) is 13.8 Å². The molecule has 0 saturated heterocycles. The molecule has 5 nitrogen and oxygen atoms in total. The van der Waals surface area contributed by atoms with Gasteiger partial charge in [0.05, 0.1) is 5.69 Å². The van der Waals surface area contributed by atoms with Crippen LogP contribution in [0.5, 0.6) is 0 Å². The van der Waals surface area contributed by atoms with Crippen molar-refractivity contribution in [1.82, 2.24) is 9.88 Å². The van der Waals surface area contributed by atoms with Crippen molar-refractivity contribution >= 4 is 28.3 Å². The van der Waals surface area contributed by atoms with Gasteiger partial charge in [-0.15, -0.1) is 11.3 Å². The van der Waals surface area contributed by atoms with Gasteiger partial charge in [0, 0.05) is 35.2 Å². The molecule has 0 spiro atoms. The number of carbonyl (C=O) groups excluding carboxylic acids is 2. The second kappa shape index (κ2) is 8.35. The van der Waals surface area contributed by atoms with Crippen LogP contribution < -0.4 is 5.32 Å². The van der Waals surface area contributed by atoms with Gasteiger partial charge in [-0.2, -0.15) is 0 Å². The van der Waals surface area contributed by atoms with E-state index in [0.29, 0.717) is 22.8 Å². The van der Waals surface area contributed by atoms with E-state index in [1.54, 1.807) is 36.2 Å². The highest BCUT2D eigenvalue weighted by Gasteiger charge is 2.16. The Labute approximate surface area is 169 Å². The summed E-state index contributed by atoms with van der Waals surface area (Å²) in [5.74, 6) is -0.387. The lowest BCUT2D eigenvalue weighted by Crippen LogP contribution is -2.26. The molecule has 144 valence electrons. The molecule has 1 aromatic heterocycles. The van der Waals surface area contributed by atoms with E-state index in [0.717, 1.165) is 16.1 Å². The van der Waals surface area contributed by atoms with Crippen LogP contribution in [0.4, 0.5) is 5.13 Å². The van der Waals surface area contributed by atoms with Crippen LogP contribution in [0.2, 0.25) is 0 Å². The Kier molecular flexibility index (Phi) is 5.90. The van der Waals surface area contributed by atoms with Crippen LogP contribution in [0.25, 0.3) is 11.3 Å². The van der Waals surface area contributed by atoms with Gasteiger partial charge in [0.15, 0.2) is 5.13 Å². The van der Waals surface area contributed by atoms with E-state index in [4.69, 9.17) is 0 Å². The molecule has 1 heterocycles. The summed E-state index contributed by atoms with van der Waals surface area (Å²) in [5.41, 5.74) is 4.00.